The monoisotopic (exact) mass is 719 g/mol. The van der Waals surface area contributed by atoms with Crippen LogP contribution >= 0.6 is 15.9 Å². The molecular formula is C35H47BrFN3O7. The van der Waals surface area contributed by atoms with Crippen LogP contribution in [-0.4, -0.2) is 71.3 Å². The number of carbonyl (C=O) groups is 2. The van der Waals surface area contributed by atoms with E-state index in [2.05, 4.69) is 47.2 Å². The van der Waals surface area contributed by atoms with Crippen LogP contribution in [0.2, 0.25) is 0 Å². The molecule has 1 aromatic carbocycles. The molecule has 0 radical (unpaired) electrons. The Kier molecular flexibility index (Phi) is 10.3. The summed E-state index contributed by atoms with van der Waals surface area (Å²) in [5.74, 6) is -3.82. The van der Waals surface area contributed by atoms with Gasteiger partial charge in [-0.3, -0.25) is 14.5 Å². The number of unbranched alkanes of at least 4 members (excludes halogenated alkanes) is 2. The number of fused-ring (bicyclic) bond motifs is 4. The van der Waals surface area contributed by atoms with E-state index in [9.17, 15) is 19.8 Å². The number of ether oxygens (including phenoxy) is 2. The fourth-order valence-corrected chi connectivity index (χ4v) is 7.73. The van der Waals surface area contributed by atoms with Gasteiger partial charge >= 0.3 is 0 Å². The second kappa shape index (κ2) is 13.6. The number of Topliss-reactive ketones (excluding diaryl/α,β-unsaturated/α-hetero) is 2. The number of nitrogens with one attached hydrogen (secondary N) is 1. The van der Waals surface area contributed by atoms with Crippen LogP contribution < -0.4 is 14.8 Å². The molecule has 47 heavy (non-hydrogen) atoms. The Labute approximate surface area is 284 Å². The van der Waals surface area contributed by atoms with Gasteiger partial charge in [-0.15, -0.1) is 0 Å². The van der Waals surface area contributed by atoms with Gasteiger partial charge in [0.25, 0.3) is 5.88 Å². The van der Waals surface area contributed by atoms with Gasteiger partial charge in [0.2, 0.25) is 11.6 Å². The Hall–Kier alpha value is -2.80. The Morgan fingerprint density at radius 1 is 1.11 bits per heavy atom. The molecule has 3 N–H and O–H groups in total. The highest BCUT2D eigenvalue weighted by Crippen LogP contribution is 2.57. The van der Waals surface area contributed by atoms with Crippen molar-refractivity contribution in [2.75, 3.05) is 33.9 Å². The molecule has 258 valence electrons. The second-order valence-corrected chi connectivity index (χ2v) is 15.2. The molecule has 1 fully saturated rings. The molecule has 2 aromatic rings. The normalized spacial score (nSPS) is 23.9. The van der Waals surface area contributed by atoms with Crippen molar-refractivity contribution in [3.05, 3.63) is 43.9 Å². The lowest BCUT2D eigenvalue weighted by atomic mass is 9.57. The first-order chi connectivity index (χ1) is 22.2. The molecule has 0 unspecified atom stereocenters. The van der Waals surface area contributed by atoms with E-state index >= 15 is 4.39 Å². The van der Waals surface area contributed by atoms with Crippen LogP contribution in [0.4, 0.5) is 4.39 Å². The SMILES string of the molecule is CCCCOc1noc2c1C(=O)[C@@]1(O)C(=O)C3=C(O)c4c(c(Br)c(F)c(CNCC(C)(C)C)c4OCCCC)C[C@H]3C[C@H]1[C@@H]2N(C)C. The van der Waals surface area contributed by atoms with Crippen LogP contribution in [0.3, 0.4) is 0 Å². The molecule has 0 amide bonds. The minimum atomic E-state index is -2.51. The van der Waals surface area contributed by atoms with Gasteiger partial charge in [0, 0.05) is 30.1 Å². The average Bonchev–Trinajstić information content (AvgIpc) is 3.41. The molecule has 3 aliphatic carbocycles. The summed E-state index contributed by atoms with van der Waals surface area (Å²) in [6.45, 7) is 11.5. The van der Waals surface area contributed by atoms with Crippen molar-refractivity contribution < 1.29 is 38.2 Å². The first-order valence-electron chi connectivity index (χ1n) is 16.6. The van der Waals surface area contributed by atoms with Crippen LogP contribution in [0.1, 0.15) is 106 Å². The maximum Gasteiger partial charge on any atom is 0.265 e. The van der Waals surface area contributed by atoms with Gasteiger partial charge in [-0.1, -0.05) is 47.5 Å². The first-order valence-corrected chi connectivity index (χ1v) is 17.4. The van der Waals surface area contributed by atoms with Crippen LogP contribution in [0.15, 0.2) is 14.6 Å². The fourth-order valence-electron chi connectivity index (χ4n) is 7.13. The molecule has 0 saturated heterocycles. The maximum atomic E-state index is 16.2. The van der Waals surface area contributed by atoms with Crippen LogP contribution in [0.25, 0.3) is 5.76 Å². The van der Waals surface area contributed by atoms with E-state index in [1.54, 1.807) is 19.0 Å². The fraction of sp³-hybridized carbons (Fsp3) is 0.629. The summed E-state index contributed by atoms with van der Waals surface area (Å²) in [6, 6.07) is -0.692. The molecular weight excluding hydrogens is 673 g/mol. The molecule has 5 rings (SSSR count). The minimum Gasteiger partial charge on any atom is -0.507 e. The number of halogens is 2. The number of aromatic nitrogens is 1. The van der Waals surface area contributed by atoms with Crippen molar-refractivity contribution >= 4 is 33.3 Å². The number of ketones is 2. The summed E-state index contributed by atoms with van der Waals surface area (Å²) in [5, 5.41) is 31.6. The van der Waals surface area contributed by atoms with Crippen molar-refractivity contribution in [2.24, 2.45) is 17.3 Å². The highest BCUT2D eigenvalue weighted by Gasteiger charge is 2.65. The molecule has 0 spiro atoms. The number of aliphatic hydroxyl groups is 2. The van der Waals surface area contributed by atoms with Gasteiger partial charge in [0.05, 0.1) is 29.3 Å². The van der Waals surface area contributed by atoms with Gasteiger partial charge in [-0.25, -0.2) is 4.39 Å². The summed E-state index contributed by atoms with van der Waals surface area (Å²) in [5.41, 5.74) is -1.76. The molecule has 0 bridgehead atoms. The summed E-state index contributed by atoms with van der Waals surface area (Å²) in [4.78, 5) is 30.6. The van der Waals surface area contributed by atoms with Crippen LogP contribution in [0, 0.1) is 23.1 Å². The minimum absolute atomic E-state index is 0.0529. The van der Waals surface area contributed by atoms with Gasteiger partial charge in [0.1, 0.15) is 22.9 Å². The third-order valence-corrected chi connectivity index (χ3v) is 10.3. The van der Waals surface area contributed by atoms with E-state index in [1.165, 1.54) is 0 Å². The lowest BCUT2D eigenvalue weighted by Gasteiger charge is -2.49. The lowest BCUT2D eigenvalue weighted by molar-refractivity contribution is -0.142. The van der Waals surface area contributed by atoms with Gasteiger partial charge < -0.3 is 29.5 Å². The van der Waals surface area contributed by atoms with Crippen molar-refractivity contribution in [3.63, 3.8) is 0 Å². The zero-order valence-electron chi connectivity index (χ0n) is 28.4. The Balaban J connectivity index is 1.65. The largest absolute Gasteiger partial charge is 0.507 e. The maximum absolute atomic E-state index is 16.2. The summed E-state index contributed by atoms with van der Waals surface area (Å²) in [6.07, 6.45) is 3.45. The molecule has 1 aromatic heterocycles. The highest BCUT2D eigenvalue weighted by molar-refractivity contribution is 9.10. The Morgan fingerprint density at radius 3 is 2.38 bits per heavy atom. The first kappa shape index (κ1) is 35.5. The molecule has 1 saturated carbocycles. The molecule has 0 aliphatic heterocycles. The summed E-state index contributed by atoms with van der Waals surface area (Å²) in [7, 11) is 3.55. The van der Waals surface area contributed by atoms with E-state index < -0.39 is 46.6 Å². The number of benzene rings is 1. The zero-order valence-corrected chi connectivity index (χ0v) is 30.0. The van der Waals surface area contributed by atoms with Crippen molar-refractivity contribution in [2.45, 2.75) is 91.3 Å². The van der Waals surface area contributed by atoms with E-state index in [-0.39, 0.29) is 82.1 Å². The molecule has 10 nitrogen and oxygen atoms in total. The van der Waals surface area contributed by atoms with E-state index in [0.717, 1.165) is 12.8 Å². The van der Waals surface area contributed by atoms with Crippen molar-refractivity contribution in [3.8, 4) is 11.6 Å². The quantitative estimate of drug-likeness (QED) is 0.169. The molecule has 12 heteroatoms. The predicted octanol–water partition coefficient (Wildman–Crippen LogP) is 6.33. The number of hydrogen-bond donors (Lipinski definition) is 3. The third-order valence-electron chi connectivity index (χ3n) is 9.45. The third kappa shape index (κ3) is 6.15. The van der Waals surface area contributed by atoms with Gasteiger partial charge in [-0.05, 0) is 77.8 Å². The van der Waals surface area contributed by atoms with Crippen LogP contribution in [-0.2, 0) is 17.8 Å². The number of carbonyl (C=O) groups excluding carboxylic acids is 2. The number of aliphatic hydroxyl groups excluding tert-OH is 1. The summed E-state index contributed by atoms with van der Waals surface area (Å²) >= 11 is 3.47. The number of nitrogens with zero attached hydrogens (tertiary/aromatic N) is 2. The Bertz CT molecular complexity index is 1580. The Morgan fingerprint density at radius 2 is 1.77 bits per heavy atom. The van der Waals surface area contributed by atoms with Crippen molar-refractivity contribution in [1.29, 1.82) is 0 Å². The molecule has 1 heterocycles. The molecule has 4 atom stereocenters. The van der Waals surface area contributed by atoms with E-state index in [0.29, 0.717) is 24.9 Å². The van der Waals surface area contributed by atoms with Gasteiger partial charge in [-0.2, -0.15) is 0 Å². The second-order valence-electron chi connectivity index (χ2n) is 14.4. The van der Waals surface area contributed by atoms with E-state index in [1.807, 2.05) is 13.8 Å². The number of hydrogen-bond acceptors (Lipinski definition) is 10. The topological polar surface area (TPSA) is 134 Å². The average molecular weight is 721 g/mol. The lowest BCUT2D eigenvalue weighted by Crippen LogP contribution is -2.63. The van der Waals surface area contributed by atoms with Crippen LogP contribution in [0.5, 0.6) is 11.6 Å². The number of rotatable bonds is 12. The van der Waals surface area contributed by atoms with Gasteiger partial charge in [0.15, 0.2) is 11.4 Å². The zero-order chi connectivity index (χ0) is 34.4. The molecule has 3 aliphatic rings. The highest BCUT2D eigenvalue weighted by atomic mass is 79.9. The summed E-state index contributed by atoms with van der Waals surface area (Å²) < 4.78 is 34.0. The van der Waals surface area contributed by atoms with Crippen molar-refractivity contribution in [1.82, 2.24) is 15.4 Å². The predicted molar refractivity (Wildman–Crippen MR) is 178 cm³/mol. The van der Waals surface area contributed by atoms with E-state index in [4.69, 9.17) is 14.0 Å². The smallest absolute Gasteiger partial charge is 0.265 e. The standard InChI is InChI=1S/C35H47BrFN3O7/c1-8-10-12-45-29-20(16-38-17-34(3,4)5)26(37)25(36)19-14-18-15-21-27(40(6)7)30-24(33(39-47-30)46-13-11-9-2)32(43)35(21,44)31(42)22(18)28(41)23(19)29/h18,21,27,38,41,44H,8-17H2,1-7H3/t18-,21-,27-,35-/m0/s1.